The molecule has 0 heterocycles. The van der Waals surface area contributed by atoms with Crippen LogP contribution in [0.25, 0.3) is 0 Å². The summed E-state index contributed by atoms with van der Waals surface area (Å²) in [6.45, 7) is 0. The molecule has 0 saturated carbocycles. The predicted molar refractivity (Wildman–Crippen MR) is 60.6 cm³/mol. The van der Waals surface area contributed by atoms with E-state index in [1.54, 1.807) is 6.07 Å². The molecule has 0 fully saturated rings. The summed E-state index contributed by atoms with van der Waals surface area (Å²) >= 11 is 7.33. The Labute approximate surface area is 99.8 Å². The maximum Gasteiger partial charge on any atom is 0.256 e. The number of ether oxygens (including phenoxy) is 1. The lowest BCUT2D eigenvalue weighted by atomic mass is 10.1. The summed E-state index contributed by atoms with van der Waals surface area (Å²) in [5.41, 5.74) is 0.626. The highest BCUT2D eigenvalue weighted by molar-refractivity contribution is 14.1. The zero-order chi connectivity index (χ0) is 10.7. The average molecular weight is 322 g/mol. The van der Waals surface area contributed by atoms with E-state index < -0.39 is 5.24 Å². The van der Waals surface area contributed by atoms with Crippen molar-refractivity contribution in [3.05, 3.63) is 26.8 Å². The third-order valence-electron chi connectivity index (χ3n) is 1.62. The van der Waals surface area contributed by atoms with Crippen molar-refractivity contribution < 1.29 is 9.53 Å². The molecule has 0 atom stereocenters. The fraction of sp³-hybridized carbons (Fsp3) is 0.111. The van der Waals surface area contributed by atoms with E-state index >= 15 is 0 Å². The molecule has 0 aromatic heterocycles. The zero-order valence-electron chi connectivity index (χ0n) is 7.17. The van der Waals surface area contributed by atoms with Crippen LogP contribution >= 0.6 is 34.2 Å². The predicted octanol–water partition coefficient (Wildman–Crippen LogP) is 2.55. The Balaban J connectivity index is 3.42. The van der Waals surface area contributed by atoms with Gasteiger partial charge in [-0.25, -0.2) is 0 Å². The van der Waals surface area contributed by atoms with E-state index in [4.69, 9.17) is 21.6 Å². The van der Waals surface area contributed by atoms with Crippen LogP contribution in [0.2, 0.25) is 0 Å². The standard InChI is InChI=1S/C9H5ClINO2/c1-14-8-3-7(11)5(4-12)2-6(8)9(10)13/h2-3H,1H3. The van der Waals surface area contributed by atoms with Gasteiger partial charge in [0.05, 0.1) is 18.2 Å². The number of methoxy groups -OCH3 is 1. The molecule has 0 unspecified atom stereocenters. The molecule has 0 amide bonds. The molecule has 14 heavy (non-hydrogen) atoms. The van der Waals surface area contributed by atoms with Crippen LogP contribution in [-0.4, -0.2) is 12.4 Å². The lowest BCUT2D eigenvalue weighted by Crippen LogP contribution is -1.98. The van der Waals surface area contributed by atoms with Gasteiger partial charge in [-0.05, 0) is 46.3 Å². The van der Waals surface area contributed by atoms with Crippen molar-refractivity contribution >= 4 is 39.4 Å². The van der Waals surface area contributed by atoms with Gasteiger partial charge in [-0.1, -0.05) is 0 Å². The van der Waals surface area contributed by atoms with Gasteiger partial charge in [0.15, 0.2) is 0 Å². The van der Waals surface area contributed by atoms with Crippen LogP contribution in [0.3, 0.4) is 0 Å². The molecule has 0 aliphatic carbocycles. The van der Waals surface area contributed by atoms with Gasteiger partial charge in [-0.2, -0.15) is 5.26 Å². The molecule has 5 heteroatoms. The number of benzene rings is 1. The molecule has 0 aliphatic heterocycles. The number of hydrogen-bond donors (Lipinski definition) is 0. The summed E-state index contributed by atoms with van der Waals surface area (Å²) in [6.07, 6.45) is 0. The molecule has 1 aromatic carbocycles. The largest absolute Gasteiger partial charge is 0.496 e. The van der Waals surface area contributed by atoms with Gasteiger partial charge in [0, 0.05) is 3.57 Å². The lowest BCUT2D eigenvalue weighted by Gasteiger charge is -2.06. The molecule has 3 nitrogen and oxygen atoms in total. The smallest absolute Gasteiger partial charge is 0.256 e. The van der Waals surface area contributed by atoms with Gasteiger partial charge >= 0.3 is 0 Å². The monoisotopic (exact) mass is 321 g/mol. The van der Waals surface area contributed by atoms with Crippen molar-refractivity contribution in [1.29, 1.82) is 5.26 Å². The summed E-state index contributed by atoms with van der Waals surface area (Å²) in [6, 6.07) is 5.00. The van der Waals surface area contributed by atoms with Crippen LogP contribution in [0.4, 0.5) is 0 Å². The van der Waals surface area contributed by atoms with Crippen molar-refractivity contribution in [2.75, 3.05) is 7.11 Å². The van der Waals surface area contributed by atoms with Crippen LogP contribution in [-0.2, 0) is 0 Å². The Morgan fingerprint density at radius 2 is 2.29 bits per heavy atom. The average Bonchev–Trinajstić information content (AvgIpc) is 2.16. The van der Waals surface area contributed by atoms with Crippen molar-refractivity contribution in [3.63, 3.8) is 0 Å². The highest BCUT2D eigenvalue weighted by Gasteiger charge is 2.13. The van der Waals surface area contributed by atoms with E-state index in [1.807, 2.05) is 28.7 Å². The number of nitrogens with zero attached hydrogens (tertiary/aromatic N) is 1. The Kier molecular flexibility index (Phi) is 3.72. The van der Waals surface area contributed by atoms with Crippen molar-refractivity contribution in [1.82, 2.24) is 0 Å². The second-order valence-electron chi connectivity index (χ2n) is 2.42. The molecule has 0 bridgehead atoms. The van der Waals surface area contributed by atoms with Crippen molar-refractivity contribution in [2.24, 2.45) is 0 Å². The number of halogens is 2. The Morgan fingerprint density at radius 1 is 1.64 bits per heavy atom. The van der Waals surface area contributed by atoms with Crippen LogP contribution in [0.15, 0.2) is 12.1 Å². The maximum atomic E-state index is 11.0. The second kappa shape index (κ2) is 4.62. The third kappa shape index (κ3) is 2.16. The minimum Gasteiger partial charge on any atom is -0.496 e. The highest BCUT2D eigenvalue weighted by atomic mass is 127. The van der Waals surface area contributed by atoms with Gasteiger partial charge in [-0.3, -0.25) is 4.79 Å². The van der Waals surface area contributed by atoms with E-state index in [0.29, 0.717) is 11.3 Å². The van der Waals surface area contributed by atoms with Crippen LogP contribution in [0.1, 0.15) is 15.9 Å². The van der Waals surface area contributed by atoms with Gasteiger partial charge in [-0.15, -0.1) is 0 Å². The van der Waals surface area contributed by atoms with Gasteiger partial charge in [0.1, 0.15) is 11.8 Å². The molecule has 1 aromatic rings. The topological polar surface area (TPSA) is 50.1 Å². The molecular formula is C9H5ClINO2. The van der Waals surface area contributed by atoms with E-state index in [9.17, 15) is 4.79 Å². The molecule has 0 spiro atoms. The Bertz CT molecular complexity index is 426. The number of rotatable bonds is 2. The van der Waals surface area contributed by atoms with E-state index in [1.165, 1.54) is 13.2 Å². The van der Waals surface area contributed by atoms with Crippen molar-refractivity contribution in [3.8, 4) is 11.8 Å². The lowest BCUT2D eigenvalue weighted by molar-refractivity contribution is 0.107. The highest BCUT2D eigenvalue weighted by Crippen LogP contribution is 2.25. The first-order chi connectivity index (χ1) is 6.60. The maximum absolute atomic E-state index is 11.0. The number of hydrogen-bond acceptors (Lipinski definition) is 3. The number of nitriles is 1. The summed E-state index contributed by atoms with van der Waals surface area (Å²) in [7, 11) is 1.45. The van der Waals surface area contributed by atoms with Crippen LogP contribution in [0, 0.1) is 14.9 Å². The summed E-state index contributed by atoms with van der Waals surface area (Å²) in [5, 5.41) is 8.11. The minimum absolute atomic E-state index is 0.214. The molecule has 0 radical (unpaired) electrons. The fourth-order valence-electron chi connectivity index (χ4n) is 0.963. The Morgan fingerprint density at radius 3 is 2.71 bits per heavy atom. The molecule has 0 aliphatic rings. The first kappa shape index (κ1) is 11.3. The second-order valence-corrected chi connectivity index (χ2v) is 3.92. The van der Waals surface area contributed by atoms with E-state index in [-0.39, 0.29) is 5.56 Å². The first-order valence-corrected chi connectivity index (χ1v) is 5.03. The van der Waals surface area contributed by atoms with Gasteiger partial charge in [0.25, 0.3) is 5.24 Å². The zero-order valence-corrected chi connectivity index (χ0v) is 10.1. The summed E-state index contributed by atoms with van der Waals surface area (Å²) in [4.78, 5) is 11.0. The van der Waals surface area contributed by atoms with E-state index in [0.717, 1.165) is 3.57 Å². The molecule has 0 saturated heterocycles. The molecule has 0 N–H and O–H groups in total. The summed E-state index contributed by atoms with van der Waals surface area (Å²) < 4.78 is 5.69. The molecule has 1 rings (SSSR count). The Hall–Kier alpha value is -0.800. The van der Waals surface area contributed by atoms with E-state index in [2.05, 4.69) is 0 Å². The fourth-order valence-corrected chi connectivity index (χ4v) is 1.67. The van der Waals surface area contributed by atoms with Gasteiger partial charge < -0.3 is 4.74 Å². The minimum atomic E-state index is -0.630. The SMILES string of the molecule is COc1cc(I)c(C#N)cc1C(=O)Cl. The van der Waals surface area contributed by atoms with Crippen LogP contribution in [0.5, 0.6) is 5.75 Å². The number of carbonyl (C=O) groups excluding carboxylic acids is 1. The van der Waals surface area contributed by atoms with Crippen LogP contribution < -0.4 is 4.74 Å². The number of carbonyl (C=O) groups is 1. The van der Waals surface area contributed by atoms with Gasteiger partial charge in [0.2, 0.25) is 0 Å². The third-order valence-corrected chi connectivity index (χ3v) is 2.72. The first-order valence-electron chi connectivity index (χ1n) is 3.57. The normalized spacial score (nSPS) is 9.29. The quantitative estimate of drug-likeness (QED) is 0.621. The van der Waals surface area contributed by atoms with Crippen molar-refractivity contribution in [2.45, 2.75) is 0 Å². The molecular weight excluding hydrogens is 316 g/mol. The molecule has 72 valence electrons. The summed E-state index contributed by atoms with van der Waals surface area (Å²) in [5.74, 6) is 0.383.